The number of hydrogen-bond acceptors (Lipinski definition) is 9. The fourth-order valence-corrected chi connectivity index (χ4v) is 7.80. The SMILES string of the molecule is C=C1C(OC(=O)CC(N)c2ccccc2)CCC2(C)C(O)C(OC(C)=O)C3=C(C)C(OC(C)=O)CC(C(O)C12)C3(C)C. The zero-order valence-corrected chi connectivity index (χ0v) is 25.5. The Morgan fingerprint density at radius 3 is 2.24 bits per heavy atom. The van der Waals surface area contributed by atoms with Crippen LogP contribution in [0.1, 0.15) is 78.8 Å². The van der Waals surface area contributed by atoms with Gasteiger partial charge in [0.2, 0.25) is 0 Å². The lowest BCUT2D eigenvalue weighted by atomic mass is 9.49. The quantitative estimate of drug-likeness (QED) is 0.258. The third kappa shape index (κ3) is 5.79. The molecule has 9 heteroatoms. The molecule has 3 aliphatic carbocycles. The average Bonchev–Trinajstić information content (AvgIpc) is 2.90. The molecule has 9 unspecified atom stereocenters. The summed E-state index contributed by atoms with van der Waals surface area (Å²) in [4.78, 5) is 37.4. The second-order valence-electron chi connectivity index (χ2n) is 13.0. The van der Waals surface area contributed by atoms with Gasteiger partial charge in [-0.05, 0) is 59.8 Å². The summed E-state index contributed by atoms with van der Waals surface area (Å²) in [7, 11) is 0. The summed E-state index contributed by atoms with van der Waals surface area (Å²) in [5, 5.41) is 24.2. The molecule has 0 spiro atoms. The number of carbonyl (C=O) groups excluding carboxylic acids is 3. The van der Waals surface area contributed by atoms with Gasteiger partial charge in [-0.25, -0.2) is 0 Å². The molecule has 0 saturated heterocycles. The summed E-state index contributed by atoms with van der Waals surface area (Å²) in [6, 6.07) is 8.77. The van der Waals surface area contributed by atoms with E-state index < -0.39 is 77.1 Å². The molecule has 230 valence electrons. The van der Waals surface area contributed by atoms with E-state index >= 15 is 0 Å². The minimum atomic E-state index is -1.22. The van der Waals surface area contributed by atoms with Crippen molar-refractivity contribution in [1.82, 2.24) is 0 Å². The van der Waals surface area contributed by atoms with Crippen LogP contribution in [-0.2, 0) is 28.6 Å². The van der Waals surface area contributed by atoms with Crippen LogP contribution < -0.4 is 5.73 Å². The number of benzene rings is 1. The Morgan fingerprint density at radius 2 is 1.64 bits per heavy atom. The molecular weight excluding hydrogens is 538 g/mol. The minimum Gasteiger partial charge on any atom is -0.458 e. The number of hydrogen-bond donors (Lipinski definition) is 3. The topological polar surface area (TPSA) is 145 Å². The maximum Gasteiger partial charge on any atom is 0.308 e. The van der Waals surface area contributed by atoms with Gasteiger partial charge >= 0.3 is 17.9 Å². The van der Waals surface area contributed by atoms with E-state index in [1.54, 1.807) is 0 Å². The number of rotatable bonds is 6. The molecule has 2 saturated carbocycles. The van der Waals surface area contributed by atoms with Gasteiger partial charge in [-0.2, -0.15) is 0 Å². The van der Waals surface area contributed by atoms with Crippen LogP contribution in [0.3, 0.4) is 0 Å². The van der Waals surface area contributed by atoms with Gasteiger partial charge in [-0.15, -0.1) is 0 Å². The third-order valence-electron chi connectivity index (χ3n) is 9.96. The first-order chi connectivity index (χ1) is 19.6. The lowest BCUT2D eigenvalue weighted by Gasteiger charge is -2.59. The van der Waals surface area contributed by atoms with Crippen LogP contribution >= 0.6 is 0 Å². The summed E-state index contributed by atoms with van der Waals surface area (Å²) < 4.78 is 17.4. The van der Waals surface area contributed by atoms with Crippen LogP contribution in [0.25, 0.3) is 0 Å². The number of aliphatic hydroxyl groups is 2. The highest BCUT2D eigenvalue weighted by Gasteiger charge is 2.62. The Morgan fingerprint density at radius 1 is 1.02 bits per heavy atom. The van der Waals surface area contributed by atoms with Crippen molar-refractivity contribution in [2.24, 2.45) is 28.4 Å². The second kappa shape index (κ2) is 11.9. The molecule has 9 nitrogen and oxygen atoms in total. The van der Waals surface area contributed by atoms with E-state index in [1.165, 1.54) is 13.8 Å². The fourth-order valence-electron chi connectivity index (χ4n) is 7.80. The zero-order valence-electron chi connectivity index (χ0n) is 25.5. The first-order valence-electron chi connectivity index (χ1n) is 14.7. The van der Waals surface area contributed by atoms with Crippen molar-refractivity contribution in [2.45, 2.75) is 104 Å². The number of aliphatic hydroxyl groups excluding tert-OH is 2. The Labute approximate surface area is 248 Å². The lowest BCUT2D eigenvalue weighted by molar-refractivity contribution is -0.183. The summed E-state index contributed by atoms with van der Waals surface area (Å²) in [5.41, 5.74) is 7.23. The normalized spacial score (nSPS) is 34.8. The molecule has 9 atom stereocenters. The van der Waals surface area contributed by atoms with Gasteiger partial charge in [0, 0.05) is 31.2 Å². The van der Waals surface area contributed by atoms with Crippen molar-refractivity contribution < 1.29 is 38.8 Å². The highest BCUT2D eigenvalue weighted by Crippen LogP contribution is 2.59. The largest absolute Gasteiger partial charge is 0.458 e. The van der Waals surface area contributed by atoms with Crippen LogP contribution in [-0.4, -0.2) is 58.6 Å². The molecule has 4 N–H and O–H groups in total. The van der Waals surface area contributed by atoms with E-state index in [2.05, 4.69) is 6.58 Å². The summed E-state index contributed by atoms with van der Waals surface area (Å²) in [5.74, 6) is -2.66. The molecule has 3 aliphatic rings. The van der Waals surface area contributed by atoms with E-state index in [-0.39, 0.29) is 6.42 Å². The Balaban J connectivity index is 1.70. The molecular formula is C33H45NO8. The molecule has 0 radical (unpaired) electrons. The van der Waals surface area contributed by atoms with Crippen LogP contribution in [0.4, 0.5) is 0 Å². The molecule has 0 heterocycles. The summed E-state index contributed by atoms with van der Waals surface area (Å²) in [6.07, 6.45) is -3.58. The fraction of sp³-hybridized carbons (Fsp3) is 0.606. The molecule has 4 rings (SSSR count). The molecule has 2 bridgehead atoms. The number of ether oxygens (including phenoxy) is 3. The molecule has 0 amide bonds. The molecule has 0 aromatic heterocycles. The van der Waals surface area contributed by atoms with Crippen molar-refractivity contribution in [2.75, 3.05) is 0 Å². The predicted octanol–water partition coefficient (Wildman–Crippen LogP) is 3.92. The van der Waals surface area contributed by atoms with Gasteiger partial charge in [-0.3, -0.25) is 14.4 Å². The molecule has 2 fully saturated rings. The number of esters is 3. The van der Waals surface area contributed by atoms with Crippen LogP contribution in [0.2, 0.25) is 0 Å². The highest BCUT2D eigenvalue weighted by molar-refractivity contribution is 5.71. The van der Waals surface area contributed by atoms with Gasteiger partial charge < -0.3 is 30.2 Å². The van der Waals surface area contributed by atoms with E-state index in [9.17, 15) is 24.6 Å². The number of carbonyl (C=O) groups is 3. The Kier molecular flexibility index (Phi) is 9.07. The Bertz CT molecular complexity index is 1260. The van der Waals surface area contributed by atoms with Crippen LogP contribution in [0, 0.1) is 22.7 Å². The minimum absolute atomic E-state index is 0.0252. The second-order valence-corrected chi connectivity index (χ2v) is 13.0. The van der Waals surface area contributed by atoms with E-state index in [0.29, 0.717) is 36.0 Å². The van der Waals surface area contributed by atoms with Crippen molar-refractivity contribution in [3.05, 3.63) is 59.2 Å². The van der Waals surface area contributed by atoms with Gasteiger partial charge in [0.05, 0.1) is 12.5 Å². The average molecular weight is 584 g/mol. The maximum atomic E-state index is 13.0. The first kappa shape index (κ1) is 31.9. The Hall–Kier alpha value is -3.01. The van der Waals surface area contributed by atoms with Gasteiger partial charge in [-0.1, -0.05) is 57.7 Å². The van der Waals surface area contributed by atoms with E-state index in [4.69, 9.17) is 19.9 Å². The first-order valence-corrected chi connectivity index (χ1v) is 14.7. The zero-order chi connectivity index (χ0) is 31.1. The number of fused-ring (bicyclic) bond motifs is 3. The van der Waals surface area contributed by atoms with Gasteiger partial charge in [0.15, 0.2) is 6.10 Å². The molecule has 42 heavy (non-hydrogen) atoms. The standard InChI is InChI=1S/C33H45NO8/c1-17-24(42-26(37)16-23(34)21-11-9-8-10-12-21)13-14-33(7)27(17)29(38)22-15-25(40-19(3)35)18(2)28(32(22,5)6)30(31(33)39)41-20(4)36/h8-12,22-25,27,29-31,38-39H,1,13-16,34H2,2-7H3. The molecule has 1 aromatic rings. The van der Waals surface area contributed by atoms with Crippen LogP contribution in [0.15, 0.2) is 53.6 Å². The maximum absolute atomic E-state index is 13.0. The summed E-state index contributed by atoms with van der Waals surface area (Å²) in [6.45, 7) is 14.5. The highest BCUT2D eigenvalue weighted by atomic mass is 16.6. The van der Waals surface area contributed by atoms with Gasteiger partial charge in [0.25, 0.3) is 0 Å². The lowest BCUT2D eigenvalue weighted by Crippen LogP contribution is -2.63. The molecule has 0 aliphatic heterocycles. The van der Waals surface area contributed by atoms with Crippen molar-refractivity contribution in [3.63, 3.8) is 0 Å². The van der Waals surface area contributed by atoms with Crippen molar-refractivity contribution >= 4 is 17.9 Å². The number of nitrogens with two attached hydrogens (primary N) is 1. The van der Waals surface area contributed by atoms with Crippen LogP contribution in [0.5, 0.6) is 0 Å². The smallest absolute Gasteiger partial charge is 0.308 e. The monoisotopic (exact) mass is 583 g/mol. The summed E-state index contributed by atoms with van der Waals surface area (Å²) >= 11 is 0. The molecule has 1 aromatic carbocycles. The third-order valence-corrected chi connectivity index (χ3v) is 9.96. The van der Waals surface area contributed by atoms with E-state index in [1.807, 2.05) is 58.0 Å². The van der Waals surface area contributed by atoms with E-state index in [0.717, 1.165) is 5.56 Å². The van der Waals surface area contributed by atoms with Crippen molar-refractivity contribution in [3.8, 4) is 0 Å². The van der Waals surface area contributed by atoms with Crippen molar-refractivity contribution in [1.29, 1.82) is 0 Å². The van der Waals surface area contributed by atoms with Gasteiger partial charge in [0.1, 0.15) is 18.3 Å². The predicted molar refractivity (Wildman–Crippen MR) is 156 cm³/mol.